The lowest BCUT2D eigenvalue weighted by atomic mass is 10.0. The zero-order valence-electron chi connectivity index (χ0n) is 12.0. The van der Waals surface area contributed by atoms with Crippen LogP contribution in [0.3, 0.4) is 0 Å². The van der Waals surface area contributed by atoms with Crippen molar-refractivity contribution in [1.82, 2.24) is 23.8 Å². The smallest absolute Gasteiger partial charge is 0.137 e. The molecular weight excluding hydrogens is 262 g/mol. The van der Waals surface area contributed by atoms with Gasteiger partial charge in [0.25, 0.3) is 0 Å². The first kappa shape index (κ1) is 12.6. The van der Waals surface area contributed by atoms with E-state index < -0.39 is 0 Å². The molecule has 5 heteroatoms. The molecule has 108 valence electrons. The standard InChI is InChI=1S/C16H19N5/c1-2-7-20-12-14(18-16(20)3-1)11-19-8-4-15(5-9-19)21-10-6-17-13-21/h1-3,6-7,10,12-13,15H,4-5,8-9,11H2. The second-order valence-corrected chi connectivity index (χ2v) is 5.72. The van der Waals surface area contributed by atoms with Gasteiger partial charge in [0.15, 0.2) is 0 Å². The molecule has 0 bridgehead atoms. The molecule has 0 N–H and O–H groups in total. The molecule has 1 saturated heterocycles. The number of fused-ring (bicyclic) bond motifs is 1. The molecule has 1 fully saturated rings. The number of pyridine rings is 1. The van der Waals surface area contributed by atoms with Crippen LogP contribution in [0.4, 0.5) is 0 Å². The van der Waals surface area contributed by atoms with Crippen molar-refractivity contribution in [3.63, 3.8) is 0 Å². The number of imidazole rings is 2. The molecule has 0 aliphatic carbocycles. The Bertz CT molecular complexity index is 674. The van der Waals surface area contributed by atoms with Gasteiger partial charge in [-0.05, 0) is 25.0 Å². The first-order chi connectivity index (χ1) is 10.4. The number of hydrogen-bond donors (Lipinski definition) is 0. The van der Waals surface area contributed by atoms with Crippen molar-refractivity contribution in [2.75, 3.05) is 13.1 Å². The van der Waals surface area contributed by atoms with E-state index in [1.807, 2.05) is 24.7 Å². The van der Waals surface area contributed by atoms with Crippen LogP contribution < -0.4 is 0 Å². The summed E-state index contributed by atoms with van der Waals surface area (Å²) >= 11 is 0. The predicted octanol–water partition coefficient (Wildman–Crippen LogP) is 2.37. The summed E-state index contributed by atoms with van der Waals surface area (Å²) in [5, 5.41) is 0. The minimum Gasteiger partial charge on any atom is -0.334 e. The van der Waals surface area contributed by atoms with Crippen molar-refractivity contribution in [2.24, 2.45) is 0 Å². The molecule has 1 aliphatic heterocycles. The van der Waals surface area contributed by atoms with Crippen LogP contribution in [0, 0.1) is 0 Å². The Morgan fingerprint density at radius 3 is 2.81 bits per heavy atom. The first-order valence-electron chi connectivity index (χ1n) is 7.51. The summed E-state index contributed by atoms with van der Waals surface area (Å²) in [7, 11) is 0. The van der Waals surface area contributed by atoms with Gasteiger partial charge in [0, 0.05) is 50.5 Å². The van der Waals surface area contributed by atoms with Crippen molar-refractivity contribution in [3.05, 3.63) is 55.0 Å². The van der Waals surface area contributed by atoms with Gasteiger partial charge in [0.05, 0.1) is 12.0 Å². The highest BCUT2D eigenvalue weighted by atomic mass is 15.2. The molecule has 0 saturated carbocycles. The molecule has 4 heterocycles. The maximum atomic E-state index is 4.68. The number of likely N-dealkylation sites (tertiary alicyclic amines) is 1. The van der Waals surface area contributed by atoms with Gasteiger partial charge in [0.2, 0.25) is 0 Å². The van der Waals surface area contributed by atoms with E-state index in [0.717, 1.165) is 31.0 Å². The highest BCUT2D eigenvalue weighted by molar-refractivity contribution is 5.39. The average Bonchev–Trinajstić information content (AvgIpc) is 3.17. The highest BCUT2D eigenvalue weighted by Crippen LogP contribution is 2.23. The Hall–Kier alpha value is -2.14. The van der Waals surface area contributed by atoms with E-state index in [0.29, 0.717) is 6.04 Å². The van der Waals surface area contributed by atoms with Crippen molar-refractivity contribution in [3.8, 4) is 0 Å². The molecule has 21 heavy (non-hydrogen) atoms. The van der Waals surface area contributed by atoms with Crippen molar-refractivity contribution < 1.29 is 0 Å². The fourth-order valence-corrected chi connectivity index (χ4v) is 3.15. The second kappa shape index (κ2) is 5.33. The van der Waals surface area contributed by atoms with Crippen molar-refractivity contribution in [1.29, 1.82) is 0 Å². The van der Waals surface area contributed by atoms with Gasteiger partial charge in [-0.25, -0.2) is 9.97 Å². The normalized spacial score (nSPS) is 17.5. The van der Waals surface area contributed by atoms with Crippen LogP contribution in [0.15, 0.2) is 49.3 Å². The SMILES string of the molecule is c1ccn2cc(CN3CCC(n4ccnc4)CC3)nc2c1. The molecule has 0 aromatic carbocycles. The minimum atomic E-state index is 0.602. The monoisotopic (exact) mass is 281 g/mol. The summed E-state index contributed by atoms with van der Waals surface area (Å²) in [4.78, 5) is 11.3. The first-order valence-corrected chi connectivity index (χ1v) is 7.51. The molecule has 0 radical (unpaired) electrons. The number of aromatic nitrogens is 4. The zero-order chi connectivity index (χ0) is 14.1. The van der Waals surface area contributed by atoms with Gasteiger partial charge in [-0.1, -0.05) is 6.07 Å². The maximum Gasteiger partial charge on any atom is 0.137 e. The molecule has 4 rings (SSSR count). The van der Waals surface area contributed by atoms with Gasteiger partial charge in [-0.3, -0.25) is 4.90 Å². The fourth-order valence-electron chi connectivity index (χ4n) is 3.15. The molecule has 0 atom stereocenters. The summed E-state index contributed by atoms with van der Waals surface area (Å²) in [6, 6.07) is 6.72. The van der Waals surface area contributed by atoms with Crippen LogP contribution in [0.1, 0.15) is 24.6 Å². The summed E-state index contributed by atoms with van der Waals surface area (Å²) in [6.45, 7) is 3.19. The maximum absolute atomic E-state index is 4.68. The van der Waals surface area contributed by atoms with Crippen LogP contribution in [0.5, 0.6) is 0 Å². The highest BCUT2D eigenvalue weighted by Gasteiger charge is 2.20. The van der Waals surface area contributed by atoms with E-state index in [4.69, 9.17) is 0 Å². The molecule has 5 nitrogen and oxygen atoms in total. The minimum absolute atomic E-state index is 0.602. The summed E-state index contributed by atoms with van der Waals surface area (Å²) in [5.74, 6) is 0. The number of piperidine rings is 1. The summed E-state index contributed by atoms with van der Waals surface area (Å²) < 4.78 is 4.33. The number of nitrogens with zero attached hydrogens (tertiary/aromatic N) is 5. The third kappa shape index (κ3) is 2.56. The Kier molecular flexibility index (Phi) is 3.20. The second-order valence-electron chi connectivity index (χ2n) is 5.72. The van der Waals surface area contributed by atoms with E-state index in [1.54, 1.807) is 0 Å². The Balaban J connectivity index is 1.40. The molecule has 3 aromatic heterocycles. The van der Waals surface area contributed by atoms with Crippen LogP contribution in [0.25, 0.3) is 5.65 Å². The molecule has 3 aromatic rings. The molecular formula is C16H19N5. The third-order valence-electron chi connectivity index (χ3n) is 4.30. The zero-order valence-corrected chi connectivity index (χ0v) is 12.0. The van der Waals surface area contributed by atoms with E-state index in [2.05, 4.69) is 48.5 Å². The van der Waals surface area contributed by atoms with Crippen LogP contribution in [-0.2, 0) is 6.54 Å². The lowest BCUT2D eigenvalue weighted by Crippen LogP contribution is -2.34. The topological polar surface area (TPSA) is 38.4 Å². The van der Waals surface area contributed by atoms with Crippen molar-refractivity contribution >= 4 is 5.65 Å². The predicted molar refractivity (Wildman–Crippen MR) is 81.0 cm³/mol. The Labute approximate surface area is 123 Å². The van der Waals surface area contributed by atoms with E-state index >= 15 is 0 Å². The van der Waals surface area contributed by atoms with Crippen LogP contribution in [-0.4, -0.2) is 36.9 Å². The van der Waals surface area contributed by atoms with Gasteiger partial charge >= 0.3 is 0 Å². The van der Waals surface area contributed by atoms with Crippen LogP contribution >= 0.6 is 0 Å². The van der Waals surface area contributed by atoms with Gasteiger partial charge in [-0.2, -0.15) is 0 Å². The average molecular weight is 281 g/mol. The quantitative estimate of drug-likeness (QED) is 0.740. The van der Waals surface area contributed by atoms with Gasteiger partial charge in [0.1, 0.15) is 5.65 Å². The van der Waals surface area contributed by atoms with E-state index in [-0.39, 0.29) is 0 Å². The lowest BCUT2D eigenvalue weighted by Gasteiger charge is -2.31. The number of rotatable bonds is 3. The Morgan fingerprint density at radius 2 is 2.05 bits per heavy atom. The Morgan fingerprint density at radius 1 is 1.14 bits per heavy atom. The van der Waals surface area contributed by atoms with Gasteiger partial charge in [-0.15, -0.1) is 0 Å². The van der Waals surface area contributed by atoms with Gasteiger partial charge < -0.3 is 8.97 Å². The van der Waals surface area contributed by atoms with E-state index in [9.17, 15) is 0 Å². The van der Waals surface area contributed by atoms with Crippen molar-refractivity contribution in [2.45, 2.75) is 25.4 Å². The molecule has 0 spiro atoms. The largest absolute Gasteiger partial charge is 0.334 e. The molecule has 0 amide bonds. The van der Waals surface area contributed by atoms with E-state index in [1.165, 1.54) is 12.8 Å². The summed E-state index contributed by atoms with van der Waals surface area (Å²) in [6.07, 6.45) is 12.4. The molecule has 1 aliphatic rings. The summed E-state index contributed by atoms with van der Waals surface area (Å²) in [5.41, 5.74) is 2.18. The lowest BCUT2D eigenvalue weighted by molar-refractivity contribution is 0.178. The van der Waals surface area contributed by atoms with Crippen LogP contribution in [0.2, 0.25) is 0 Å². The number of hydrogen-bond acceptors (Lipinski definition) is 3. The third-order valence-corrected chi connectivity index (χ3v) is 4.30. The molecule has 0 unspecified atom stereocenters. The fraction of sp³-hybridized carbons (Fsp3) is 0.375.